The zero-order valence-corrected chi connectivity index (χ0v) is 11.6. The first-order valence-corrected chi connectivity index (χ1v) is 7.03. The standard InChI is InChI=1S/C14H16BrFO2/c15-11-5-9(6-12(16)8-11)7-13(14(17)18)10-3-1-2-4-10/h5-6,8,10,13H,1-4,7H2,(H,17,18). The monoisotopic (exact) mass is 314 g/mol. The molecule has 1 aromatic rings. The van der Waals surface area contributed by atoms with Gasteiger partial charge in [-0.05, 0) is 48.9 Å². The van der Waals surface area contributed by atoms with Crippen molar-refractivity contribution < 1.29 is 14.3 Å². The van der Waals surface area contributed by atoms with Gasteiger partial charge in [-0.3, -0.25) is 4.79 Å². The van der Waals surface area contributed by atoms with E-state index < -0.39 is 5.97 Å². The predicted octanol–water partition coefficient (Wildman–Crippen LogP) is 4.02. The summed E-state index contributed by atoms with van der Waals surface area (Å²) in [6, 6.07) is 4.61. The van der Waals surface area contributed by atoms with E-state index in [1.165, 1.54) is 12.1 Å². The van der Waals surface area contributed by atoms with Crippen molar-refractivity contribution in [3.63, 3.8) is 0 Å². The third kappa shape index (κ3) is 3.31. The molecular weight excluding hydrogens is 299 g/mol. The minimum absolute atomic E-state index is 0.240. The third-order valence-corrected chi connectivity index (χ3v) is 4.12. The highest BCUT2D eigenvalue weighted by Crippen LogP contribution is 2.33. The molecule has 0 aliphatic heterocycles. The summed E-state index contributed by atoms with van der Waals surface area (Å²) >= 11 is 3.24. The Morgan fingerprint density at radius 1 is 1.39 bits per heavy atom. The van der Waals surface area contributed by atoms with Crippen LogP contribution in [-0.2, 0) is 11.2 Å². The van der Waals surface area contributed by atoms with Gasteiger partial charge in [-0.1, -0.05) is 28.8 Å². The first kappa shape index (κ1) is 13.5. The lowest BCUT2D eigenvalue weighted by Crippen LogP contribution is -2.24. The van der Waals surface area contributed by atoms with Crippen LogP contribution in [-0.4, -0.2) is 11.1 Å². The first-order chi connectivity index (χ1) is 8.56. The van der Waals surface area contributed by atoms with Crippen molar-refractivity contribution in [1.29, 1.82) is 0 Å². The van der Waals surface area contributed by atoms with Gasteiger partial charge < -0.3 is 5.11 Å². The highest BCUT2D eigenvalue weighted by molar-refractivity contribution is 9.10. The van der Waals surface area contributed by atoms with E-state index in [4.69, 9.17) is 0 Å². The van der Waals surface area contributed by atoms with Gasteiger partial charge in [0.15, 0.2) is 0 Å². The van der Waals surface area contributed by atoms with Crippen LogP contribution in [0.25, 0.3) is 0 Å². The molecule has 1 saturated carbocycles. The number of benzene rings is 1. The molecule has 1 atom stereocenters. The molecule has 1 N–H and O–H groups in total. The van der Waals surface area contributed by atoms with Crippen molar-refractivity contribution >= 4 is 21.9 Å². The lowest BCUT2D eigenvalue weighted by molar-refractivity contribution is -0.143. The molecule has 0 saturated heterocycles. The molecule has 2 rings (SSSR count). The quantitative estimate of drug-likeness (QED) is 0.911. The Labute approximate surface area is 114 Å². The molecular formula is C14H16BrFO2. The van der Waals surface area contributed by atoms with Crippen molar-refractivity contribution in [2.75, 3.05) is 0 Å². The van der Waals surface area contributed by atoms with Gasteiger partial charge in [-0.15, -0.1) is 0 Å². The van der Waals surface area contributed by atoms with Crippen LogP contribution in [0.15, 0.2) is 22.7 Å². The fraction of sp³-hybridized carbons (Fsp3) is 0.500. The molecule has 4 heteroatoms. The van der Waals surface area contributed by atoms with Crippen molar-refractivity contribution in [1.82, 2.24) is 0 Å². The summed E-state index contributed by atoms with van der Waals surface area (Å²) in [5.41, 5.74) is 0.751. The molecule has 0 bridgehead atoms. The van der Waals surface area contributed by atoms with Crippen LogP contribution < -0.4 is 0 Å². The Balaban J connectivity index is 2.15. The molecule has 18 heavy (non-hydrogen) atoms. The Morgan fingerprint density at radius 3 is 2.61 bits per heavy atom. The van der Waals surface area contributed by atoms with E-state index in [-0.39, 0.29) is 17.7 Å². The van der Waals surface area contributed by atoms with E-state index in [0.717, 1.165) is 31.2 Å². The Hall–Kier alpha value is -0.900. The van der Waals surface area contributed by atoms with Crippen molar-refractivity contribution in [2.24, 2.45) is 11.8 Å². The smallest absolute Gasteiger partial charge is 0.307 e. The summed E-state index contributed by atoms with van der Waals surface area (Å²) < 4.78 is 13.9. The highest BCUT2D eigenvalue weighted by atomic mass is 79.9. The largest absolute Gasteiger partial charge is 0.481 e. The lowest BCUT2D eigenvalue weighted by Gasteiger charge is -2.19. The van der Waals surface area contributed by atoms with Gasteiger partial charge in [0, 0.05) is 4.47 Å². The van der Waals surface area contributed by atoms with Crippen molar-refractivity contribution in [3.05, 3.63) is 34.1 Å². The maximum absolute atomic E-state index is 13.3. The highest BCUT2D eigenvalue weighted by Gasteiger charge is 2.30. The molecule has 98 valence electrons. The zero-order valence-electron chi connectivity index (χ0n) is 10.0. The number of carbonyl (C=O) groups is 1. The molecule has 0 spiro atoms. The number of hydrogen-bond donors (Lipinski definition) is 1. The van der Waals surface area contributed by atoms with Gasteiger partial charge in [0.2, 0.25) is 0 Å². The van der Waals surface area contributed by atoms with Crippen LogP contribution in [0.3, 0.4) is 0 Å². The lowest BCUT2D eigenvalue weighted by atomic mass is 9.86. The number of halogens is 2. The second kappa shape index (κ2) is 5.83. The topological polar surface area (TPSA) is 37.3 Å². The molecule has 0 aromatic heterocycles. The molecule has 1 unspecified atom stereocenters. The number of aliphatic carboxylic acids is 1. The van der Waals surface area contributed by atoms with E-state index in [2.05, 4.69) is 15.9 Å². The number of carboxylic acids is 1. The van der Waals surface area contributed by atoms with E-state index in [9.17, 15) is 14.3 Å². The fourth-order valence-electron chi connectivity index (χ4n) is 2.80. The normalized spacial score (nSPS) is 17.9. The van der Waals surface area contributed by atoms with Gasteiger partial charge in [-0.2, -0.15) is 0 Å². The molecule has 0 heterocycles. The molecule has 0 radical (unpaired) electrons. The average molecular weight is 315 g/mol. The maximum Gasteiger partial charge on any atom is 0.307 e. The summed E-state index contributed by atoms with van der Waals surface area (Å²) in [5, 5.41) is 9.33. The van der Waals surface area contributed by atoms with E-state index in [1.807, 2.05) is 0 Å². The van der Waals surface area contributed by atoms with Gasteiger partial charge in [0.25, 0.3) is 0 Å². The van der Waals surface area contributed by atoms with Gasteiger partial charge in [-0.25, -0.2) is 4.39 Å². The fourth-order valence-corrected chi connectivity index (χ4v) is 3.31. The molecule has 1 aromatic carbocycles. The third-order valence-electron chi connectivity index (χ3n) is 3.66. The number of rotatable bonds is 4. The summed E-state index contributed by atoms with van der Waals surface area (Å²) in [7, 11) is 0. The van der Waals surface area contributed by atoms with Crippen LogP contribution in [0.4, 0.5) is 4.39 Å². The summed E-state index contributed by atoms with van der Waals surface area (Å²) in [5.74, 6) is -1.23. The van der Waals surface area contributed by atoms with Gasteiger partial charge in [0.05, 0.1) is 5.92 Å². The number of carboxylic acid groups (broad SMARTS) is 1. The summed E-state index contributed by atoms with van der Waals surface area (Å²) in [6.07, 6.45) is 4.60. The average Bonchev–Trinajstić information content (AvgIpc) is 2.77. The zero-order chi connectivity index (χ0) is 13.1. The number of hydrogen-bond acceptors (Lipinski definition) is 1. The van der Waals surface area contributed by atoms with Crippen LogP contribution >= 0.6 is 15.9 Å². The van der Waals surface area contributed by atoms with Gasteiger partial charge in [0.1, 0.15) is 5.82 Å². The van der Waals surface area contributed by atoms with E-state index in [0.29, 0.717) is 10.9 Å². The Kier molecular flexibility index (Phi) is 4.38. The molecule has 1 aliphatic carbocycles. The van der Waals surface area contributed by atoms with Crippen molar-refractivity contribution in [3.8, 4) is 0 Å². The second-order valence-electron chi connectivity index (χ2n) is 4.97. The summed E-state index contributed by atoms with van der Waals surface area (Å²) in [6.45, 7) is 0. The predicted molar refractivity (Wildman–Crippen MR) is 70.9 cm³/mol. The Bertz CT molecular complexity index is 421. The van der Waals surface area contributed by atoms with Crippen LogP contribution in [0.5, 0.6) is 0 Å². The molecule has 1 aliphatic rings. The van der Waals surface area contributed by atoms with Crippen LogP contribution in [0, 0.1) is 17.7 Å². The van der Waals surface area contributed by atoms with Crippen LogP contribution in [0.1, 0.15) is 31.2 Å². The SMILES string of the molecule is O=C(O)C(Cc1cc(F)cc(Br)c1)C1CCCC1. The van der Waals surface area contributed by atoms with E-state index in [1.54, 1.807) is 6.07 Å². The van der Waals surface area contributed by atoms with E-state index >= 15 is 0 Å². The summed E-state index contributed by atoms with van der Waals surface area (Å²) in [4.78, 5) is 11.4. The maximum atomic E-state index is 13.3. The first-order valence-electron chi connectivity index (χ1n) is 6.24. The second-order valence-corrected chi connectivity index (χ2v) is 5.89. The minimum Gasteiger partial charge on any atom is -0.481 e. The van der Waals surface area contributed by atoms with Gasteiger partial charge >= 0.3 is 5.97 Å². The minimum atomic E-state index is -0.762. The Morgan fingerprint density at radius 2 is 2.06 bits per heavy atom. The molecule has 1 fully saturated rings. The van der Waals surface area contributed by atoms with Crippen LogP contribution in [0.2, 0.25) is 0 Å². The molecule has 0 amide bonds. The molecule has 2 nitrogen and oxygen atoms in total. The van der Waals surface area contributed by atoms with Crippen molar-refractivity contribution in [2.45, 2.75) is 32.1 Å².